The fourth-order valence-electron chi connectivity index (χ4n) is 7.19. The summed E-state index contributed by atoms with van der Waals surface area (Å²) >= 11 is 0. The number of ether oxygens (including phenoxy) is 2. The van der Waals surface area contributed by atoms with Gasteiger partial charge in [0.25, 0.3) is 5.91 Å². The maximum atomic E-state index is 13.0. The van der Waals surface area contributed by atoms with Gasteiger partial charge in [-0.05, 0) is 88.1 Å². The van der Waals surface area contributed by atoms with Crippen molar-refractivity contribution in [2.45, 2.75) is 75.0 Å². The topological polar surface area (TPSA) is 100 Å². The van der Waals surface area contributed by atoms with Crippen molar-refractivity contribution in [1.82, 2.24) is 15.5 Å². The molecule has 3 N–H and O–H groups in total. The maximum Gasteiger partial charge on any atom is 0.322 e. The Labute approximate surface area is 201 Å². The van der Waals surface area contributed by atoms with Crippen molar-refractivity contribution in [1.29, 1.82) is 0 Å². The summed E-state index contributed by atoms with van der Waals surface area (Å²) in [4.78, 5) is 27.6. The van der Waals surface area contributed by atoms with E-state index in [4.69, 9.17) is 9.47 Å². The summed E-state index contributed by atoms with van der Waals surface area (Å²) in [6.45, 7) is 7.57. The molecular formula is C26H37N3O5. The van der Waals surface area contributed by atoms with E-state index in [-0.39, 0.29) is 11.9 Å². The minimum Gasteiger partial charge on any atom is -0.497 e. The smallest absolute Gasteiger partial charge is 0.322 e. The lowest BCUT2D eigenvalue weighted by atomic mass is 9.49. The summed E-state index contributed by atoms with van der Waals surface area (Å²) in [5.41, 5.74) is -0.663. The van der Waals surface area contributed by atoms with E-state index in [2.05, 4.69) is 29.4 Å². The highest BCUT2D eigenvalue weighted by atomic mass is 16.5. The number of carbonyl (C=O) groups is 2. The number of urea groups is 1. The summed E-state index contributed by atoms with van der Waals surface area (Å²) in [6, 6.07) is 5.44. The molecule has 3 aliphatic heterocycles. The van der Waals surface area contributed by atoms with E-state index in [0.717, 1.165) is 56.0 Å². The normalized spacial score (nSPS) is 36.8. The third-order valence-electron chi connectivity index (χ3n) is 9.24. The number of aliphatic hydroxyl groups is 1. The average molecular weight is 472 g/mol. The average Bonchev–Trinajstić information content (AvgIpc) is 3.10. The molecule has 4 aliphatic rings. The van der Waals surface area contributed by atoms with Crippen LogP contribution in [0.2, 0.25) is 0 Å². The molecule has 8 heteroatoms. The Morgan fingerprint density at radius 3 is 2.65 bits per heavy atom. The van der Waals surface area contributed by atoms with Gasteiger partial charge >= 0.3 is 6.03 Å². The van der Waals surface area contributed by atoms with Crippen LogP contribution in [-0.4, -0.2) is 72.5 Å². The van der Waals surface area contributed by atoms with Gasteiger partial charge in [-0.3, -0.25) is 15.0 Å². The molecule has 0 radical (unpaired) electrons. The van der Waals surface area contributed by atoms with E-state index in [1.54, 1.807) is 7.11 Å². The van der Waals surface area contributed by atoms with E-state index < -0.39 is 22.6 Å². The molecule has 1 saturated carbocycles. The van der Waals surface area contributed by atoms with Gasteiger partial charge in [-0.2, -0.15) is 0 Å². The van der Waals surface area contributed by atoms with Crippen LogP contribution in [0.5, 0.6) is 5.75 Å². The fourth-order valence-corrected chi connectivity index (χ4v) is 7.19. The highest BCUT2D eigenvalue weighted by Gasteiger charge is 2.67. The largest absolute Gasteiger partial charge is 0.497 e. The highest BCUT2D eigenvalue weighted by Crippen LogP contribution is 2.58. The second-order valence-corrected chi connectivity index (χ2v) is 10.8. The SMILES string of the molecule is COc1ccc(C)c(C23CCN(CC4CCOCC4)C(C)C2(O)CCC2(C3)NC(=O)NC2=O)c1. The Balaban J connectivity index is 1.56. The number of carbonyl (C=O) groups excluding carboxylic acids is 2. The molecule has 8 nitrogen and oxygen atoms in total. The Hall–Kier alpha value is -2.16. The third kappa shape index (κ3) is 3.53. The first-order valence-electron chi connectivity index (χ1n) is 12.6. The van der Waals surface area contributed by atoms with Crippen molar-refractivity contribution in [2.24, 2.45) is 5.92 Å². The maximum absolute atomic E-state index is 13.0. The van der Waals surface area contributed by atoms with Crippen LogP contribution in [0.25, 0.3) is 0 Å². The molecule has 34 heavy (non-hydrogen) atoms. The van der Waals surface area contributed by atoms with Gasteiger partial charge in [-0.15, -0.1) is 0 Å². The summed E-state index contributed by atoms with van der Waals surface area (Å²) < 4.78 is 11.1. The minimum absolute atomic E-state index is 0.0905. The number of nitrogens with zero attached hydrogens (tertiary/aromatic N) is 1. The van der Waals surface area contributed by atoms with Crippen LogP contribution in [0.1, 0.15) is 56.6 Å². The van der Waals surface area contributed by atoms with Crippen molar-refractivity contribution in [3.05, 3.63) is 29.3 Å². The lowest BCUT2D eigenvalue weighted by molar-refractivity contribution is -0.172. The molecule has 1 spiro atoms. The minimum atomic E-state index is -1.05. The van der Waals surface area contributed by atoms with Gasteiger partial charge in [0.1, 0.15) is 11.3 Å². The number of hydrogen-bond donors (Lipinski definition) is 3. The predicted molar refractivity (Wildman–Crippen MR) is 127 cm³/mol. The van der Waals surface area contributed by atoms with E-state index in [0.29, 0.717) is 31.6 Å². The van der Waals surface area contributed by atoms with Gasteiger partial charge in [0.15, 0.2) is 0 Å². The molecule has 4 atom stereocenters. The van der Waals surface area contributed by atoms with Gasteiger partial charge in [-0.25, -0.2) is 4.79 Å². The van der Waals surface area contributed by atoms with Crippen molar-refractivity contribution < 1.29 is 24.2 Å². The predicted octanol–water partition coefficient (Wildman–Crippen LogP) is 2.26. The summed E-state index contributed by atoms with van der Waals surface area (Å²) in [6.07, 6.45) is 4.03. The number of fused-ring (bicyclic) bond motifs is 1. The molecular weight excluding hydrogens is 434 g/mol. The van der Waals surface area contributed by atoms with E-state index in [1.165, 1.54) is 0 Å². The van der Waals surface area contributed by atoms with Crippen LogP contribution in [0.4, 0.5) is 4.79 Å². The first kappa shape index (κ1) is 23.6. The molecule has 0 bridgehead atoms. The van der Waals surface area contributed by atoms with E-state index >= 15 is 0 Å². The quantitative estimate of drug-likeness (QED) is 0.583. The summed E-state index contributed by atoms with van der Waals surface area (Å²) in [5.74, 6) is 1.02. The molecule has 3 amide bonds. The second kappa shape index (κ2) is 8.50. The van der Waals surface area contributed by atoms with Gasteiger partial charge in [-0.1, -0.05) is 6.07 Å². The van der Waals surface area contributed by atoms with E-state index in [1.807, 2.05) is 18.2 Å². The molecule has 1 aliphatic carbocycles. The number of methoxy groups -OCH3 is 1. The van der Waals surface area contributed by atoms with Crippen molar-refractivity contribution >= 4 is 11.9 Å². The van der Waals surface area contributed by atoms with Crippen molar-refractivity contribution in [3.63, 3.8) is 0 Å². The van der Waals surface area contributed by atoms with Crippen LogP contribution < -0.4 is 15.4 Å². The standard InChI is InChI=1S/C26H37N3O5/c1-17-4-5-20(33-3)14-21(17)24-10-11-29(15-19-6-12-34-13-7-19)18(2)26(24,32)9-8-25(16-24)22(30)27-23(31)28-25/h4-5,14,18-19,32H,6-13,15-16H2,1-3H3,(H2,27,28,30,31). The molecule has 3 heterocycles. The molecule has 1 aromatic carbocycles. The fraction of sp³-hybridized carbons (Fsp3) is 0.692. The Morgan fingerprint density at radius 2 is 1.97 bits per heavy atom. The van der Waals surface area contributed by atoms with Crippen LogP contribution in [-0.2, 0) is 14.9 Å². The lowest BCUT2D eigenvalue weighted by Gasteiger charge is -2.63. The number of benzene rings is 1. The molecule has 3 saturated heterocycles. The van der Waals surface area contributed by atoms with Gasteiger partial charge in [0.2, 0.25) is 0 Å². The summed E-state index contributed by atoms with van der Waals surface area (Å²) in [7, 11) is 1.64. The van der Waals surface area contributed by atoms with Crippen LogP contribution in [0.15, 0.2) is 18.2 Å². The monoisotopic (exact) mass is 471 g/mol. The van der Waals surface area contributed by atoms with Crippen molar-refractivity contribution in [2.75, 3.05) is 33.4 Å². The lowest BCUT2D eigenvalue weighted by Crippen LogP contribution is -2.73. The Morgan fingerprint density at radius 1 is 1.21 bits per heavy atom. The van der Waals surface area contributed by atoms with Crippen molar-refractivity contribution in [3.8, 4) is 5.75 Å². The number of nitrogens with one attached hydrogen (secondary N) is 2. The molecule has 0 aromatic heterocycles. The number of likely N-dealkylation sites (tertiary alicyclic amines) is 1. The second-order valence-electron chi connectivity index (χ2n) is 10.8. The number of amides is 3. The summed E-state index contributed by atoms with van der Waals surface area (Å²) in [5, 5.41) is 18.0. The Kier molecular flexibility index (Phi) is 5.89. The van der Waals surface area contributed by atoms with Gasteiger partial charge in [0.05, 0.1) is 12.7 Å². The van der Waals surface area contributed by atoms with Gasteiger partial charge < -0.3 is 19.9 Å². The molecule has 4 fully saturated rings. The number of piperidine rings is 1. The molecule has 5 rings (SSSR count). The molecule has 186 valence electrons. The number of rotatable bonds is 4. The van der Waals surface area contributed by atoms with E-state index in [9.17, 15) is 14.7 Å². The first-order valence-corrected chi connectivity index (χ1v) is 12.6. The zero-order chi connectivity index (χ0) is 24.1. The van der Waals surface area contributed by atoms with Gasteiger partial charge in [0, 0.05) is 31.2 Å². The van der Waals surface area contributed by atoms with Crippen LogP contribution in [0.3, 0.4) is 0 Å². The number of hydrogen-bond acceptors (Lipinski definition) is 6. The molecule has 4 unspecified atom stereocenters. The number of aryl methyl sites for hydroxylation is 1. The number of imide groups is 1. The molecule has 1 aromatic rings. The third-order valence-corrected chi connectivity index (χ3v) is 9.24. The highest BCUT2D eigenvalue weighted by molar-refractivity contribution is 6.07. The van der Waals surface area contributed by atoms with Crippen LogP contribution in [0, 0.1) is 12.8 Å². The Bertz CT molecular complexity index is 979. The van der Waals surface area contributed by atoms with Crippen LogP contribution >= 0.6 is 0 Å². The zero-order valence-corrected chi connectivity index (χ0v) is 20.5. The first-order chi connectivity index (χ1) is 16.2. The zero-order valence-electron chi connectivity index (χ0n) is 20.5.